The Morgan fingerprint density at radius 3 is 2.93 bits per heavy atom. The molecule has 8 heteroatoms. The average Bonchev–Trinajstić information content (AvgIpc) is 3.11. The van der Waals surface area contributed by atoms with E-state index < -0.39 is 0 Å². The van der Waals surface area contributed by atoms with Crippen LogP contribution in [0.1, 0.15) is 43.1 Å². The van der Waals surface area contributed by atoms with Crippen LogP contribution in [-0.2, 0) is 6.54 Å². The number of hydrogen-bond donors (Lipinski definition) is 3. The molecule has 1 aromatic heterocycles. The molecule has 148 valence electrons. The molecule has 0 radical (unpaired) electrons. The fourth-order valence-electron chi connectivity index (χ4n) is 2.69. The van der Waals surface area contributed by atoms with Crippen molar-refractivity contribution < 1.29 is 4.74 Å². The van der Waals surface area contributed by atoms with Crippen LogP contribution in [0.5, 0.6) is 5.75 Å². The second-order valence-electron chi connectivity index (χ2n) is 6.65. The number of amidine groups is 1. The van der Waals surface area contributed by atoms with Gasteiger partial charge in [0.05, 0.1) is 6.61 Å². The predicted octanol–water partition coefficient (Wildman–Crippen LogP) is 3.11. The Morgan fingerprint density at radius 1 is 1.44 bits per heavy atom. The highest BCUT2D eigenvalue weighted by atomic mass is 32.2. The molecule has 0 amide bonds. The lowest BCUT2D eigenvalue weighted by Crippen LogP contribution is -2.42. The first-order valence-corrected chi connectivity index (χ1v) is 10.1. The van der Waals surface area contributed by atoms with Crippen molar-refractivity contribution in [1.29, 1.82) is 5.41 Å². The number of nitrogens with one attached hydrogen (secondary N) is 2. The second-order valence-corrected chi connectivity index (χ2v) is 7.74. The first kappa shape index (κ1) is 21.3. The quantitative estimate of drug-likeness (QED) is 0.200. The van der Waals surface area contributed by atoms with Crippen LogP contribution in [-0.4, -0.2) is 39.1 Å². The van der Waals surface area contributed by atoms with Gasteiger partial charge in [0.15, 0.2) is 5.17 Å². The summed E-state index contributed by atoms with van der Waals surface area (Å²) in [5.74, 6) is 8.48. The van der Waals surface area contributed by atoms with E-state index in [0.29, 0.717) is 17.7 Å². The number of thioether (sulfide) groups is 1. The van der Waals surface area contributed by atoms with Gasteiger partial charge in [0.2, 0.25) is 0 Å². The van der Waals surface area contributed by atoms with E-state index in [0.717, 1.165) is 35.9 Å². The number of rotatable bonds is 9. The minimum atomic E-state index is 0.386. The molecule has 2 rings (SSSR count). The molecule has 7 nitrogen and oxygen atoms in total. The maximum atomic E-state index is 7.80. The molecule has 0 atom stereocenters. The van der Waals surface area contributed by atoms with Crippen LogP contribution in [0.3, 0.4) is 0 Å². The summed E-state index contributed by atoms with van der Waals surface area (Å²) >= 11 is 1.44. The molecule has 4 N–H and O–H groups in total. The van der Waals surface area contributed by atoms with Crippen LogP contribution in [0.2, 0.25) is 0 Å². The first-order valence-electron chi connectivity index (χ1n) is 9.07. The zero-order valence-corrected chi connectivity index (χ0v) is 17.3. The van der Waals surface area contributed by atoms with E-state index in [9.17, 15) is 0 Å². The summed E-state index contributed by atoms with van der Waals surface area (Å²) in [6.07, 6.45) is 4.74. The zero-order valence-electron chi connectivity index (χ0n) is 16.5. The first-order chi connectivity index (χ1) is 12.9. The topological polar surface area (TPSA) is 92.2 Å². The van der Waals surface area contributed by atoms with Crippen LogP contribution in [0.25, 0.3) is 0 Å². The molecule has 0 unspecified atom stereocenters. The lowest BCUT2D eigenvalue weighted by Gasteiger charge is -2.17. The molecule has 0 fully saturated rings. The third kappa shape index (κ3) is 5.98. The van der Waals surface area contributed by atoms with Crippen molar-refractivity contribution in [3.63, 3.8) is 0 Å². The van der Waals surface area contributed by atoms with Gasteiger partial charge in [-0.15, -0.1) is 0 Å². The lowest BCUT2D eigenvalue weighted by molar-refractivity contribution is 0.316. The Hall–Kier alpha value is -2.03. The Balaban J connectivity index is 1.89. The van der Waals surface area contributed by atoms with E-state index in [2.05, 4.69) is 41.9 Å². The minimum Gasteiger partial charge on any atom is -0.493 e. The molecule has 0 bridgehead atoms. The van der Waals surface area contributed by atoms with Gasteiger partial charge in [0, 0.05) is 37.7 Å². The van der Waals surface area contributed by atoms with Crippen molar-refractivity contribution in [2.75, 3.05) is 19.4 Å². The van der Waals surface area contributed by atoms with Gasteiger partial charge in [-0.25, -0.2) is 4.98 Å². The summed E-state index contributed by atoms with van der Waals surface area (Å²) in [6, 6.07) is 6.19. The van der Waals surface area contributed by atoms with Crippen LogP contribution in [0.15, 0.2) is 30.6 Å². The fraction of sp³-hybridized carbons (Fsp3) is 0.474. The number of imidazole rings is 1. The molecule has 0 saturated carbocycles. The average molecular weight is 391 g/mol. The van der Waals surface area contributed by atoms with Gasteiger partial charge in [-0.1, -0.05) is 37.7 Å². The second kappa shape index (κ2) is 10.3. The summed E-state index contributed by atoms with van der Waals surface area (Å²) in [5, 5.41) is 9.65. The van der Waals surface area contributed by atoms with Gasteiger partial charge in [-0.05, 0) is 30.5 Å². The van der Waals surface area contributed by atoms with E-state index in [1.54, 1.807) is 7.05 Å². The van der Waals surface area contributed by atoms with Crippen LogP contribution in [0.4, 0.5) is 0 Å². The maximum absolute atomic E-state index is 7.80. The molecule has 0 saturated heterocycles. The van der Waals surface area contributed by atoms with E-state index in [1.807, 2.05) is 24.5 Å². The minimum absolute atomic E-state index is 0.386. The van der Waals surface area contributed by atoms with E-state index in [4.69, 9.17) is 16.0 Å². The van der Waals surface area contributed by atoms with Crippen molar-refractivity contribution in [3.05, 3.63) is 47.5 Å². The summed E-state index contributed by atoms with van der Waals surface area (Å²) in [5.41, 5.74) is 4.82. The van der Waals surface area contributed by atoms with Crippen molar-refractivity contribution >= 4 is 16.9 Å². The van der Waals surface area contributed by atoms with Gasteiger partial charge in [0.1, 0.15) is 11.6 Å². The van der Waals surface area contributed by atoms with Crippen LogP contribution in [0, 0.1) is 12.3 Å². The molecule has 2 aromatic rings. The summed E-state index contributed by atoms with van der Waals surface area (Å²) in [4.78, 5) is 4.46. The number of nitrogens with zero attached hydrogens (tertiary/aromatic N) is 3. The van der Waals surface area contributed by atoms with Crippen molar-refractivity contribution in [2.24, 2.45) is 5.84 Å². The van der Waals surface area contributed by atoms with Crippen LogP contribution < -0.4 is 16.1 Å². The van der Waals surface area contributed by atoms with E-state index in [-0.39, 0.29) is 0 Å². The highest BCUT2D eigenvalue weighted by Gasteiger charge is 2.11. The number of benzene rings is 1. The highest BCUT2D eigenvalue weighted by molar-refractivity contribution is 8.13. The maximum Gasteiger partial charge on any atom is 0.171 e. The third-order valence-corrected chi connectivity index (χ3v) is 5.32. The Labute approximate surface area is 165 Å². The summed E-state index contributed by atoms with van der Waals surface area (Å²) in [6.45, 7) is 7.83. The number of ether oxygens (including phenoxy) is 1. The Morgan fingerprint density at radius 2 is 2.22 bits per heavy atom. The van der Waals surface area contributed by atoms with Crippen LogP contribution >= 0.6 is 11.8 Å². The van der Waals surface area contributed by atoms with Gasteiger partial charge in [-0.3, -0.25) is 16.3 Å². The van der Waals surface area contributed by atoms with Gasteiger partial charge in [-0.2, -0.15) is 5.53 Å². The lowest BCUT2D eigenvalue weighted by atomic mass is 10.1. The highest BCUT2D eigenvalue weighted by Crippen LogP contribution is 2.24. The van der Waals surface area contributed by atoms with Crippen molar-refractivity contribution in [1.82, 2.24) is 20.1 Å². The third-order valence-electron chi connectivity index (χ3n) is 4.28. The monoisotopic (exact) mass is 390 g/mol. The standard InChI is InChI=1S/C19H30N6OS/c1-14(2)18-22-9-10-25(18)13-16-7-5-8-17(15(16)3)26-11-6-12-27-19(20)24(4)23-21/h5,7-10,14,20,23H,6,11-13,21H2,1-4H3. The molecule has 1 aromatic carbocycles. The molecule has 0 aliphatic rings. The van der Waals surface area contributed by atoms with E-state index >= 15 is 0 Å². The molecular formula is C19H30N6OS. The molecular weight excluding hydrogens is 360 g/mol. The SMILES string of the molecule is Cc1c(Cn2ccnc2C(C)C)cccc1OCCCSC(=N)N(C)NN. The van der Waals surface area contributed by atoms with Crippen molar-refractivity contribution in [2.45, 2.75) is 39.7 Å². The van der Waals surface area contributed by atoms with E-state index in [1.165, 1.54) is 22.3 Å². The number of hydrogen-bond acceptors (Lipinski definition) is 6. The fourth-order valence-corrected chi connectivity index (χ4v) is 3.39. The zero-order chi connectivity index (χ0) is 19.8. The Kier molecular flexibility index (Phi) is 8.15. The molecule has 0 aliphatic carbocycles. The number of aromatic nitrogens is 2. The molecule has 0 spiro atoms. The van der Waals surface area contributed by atoms with Gasteiger partial charge < -0.3 is 9.30 Å². The number of nitrogens with two attached hydrogens (primary N) is 1. The molecule has 0 aliphatic heterocycles. The summed E-state index contributed by atoms with van der Waals surface area (Å²) < 4.78 is 8.18. The molecule has 27 heavy (non-hydrogen) atoms. The van der Waals surface area contributed by atoms with Gasteiger partial charge >= 0.3 is 0 Å². The summed E-state index contributed by atoms with van der Waals surface area (Å²) in [7, 11) is 1.71. The normalized spacial score (nSPS) is 11.0. The smallest absolute Gasteiger partial charge is 0.171 e. The van der Waals surface area contributed by atoms with Gasteiger partial charge in [0.25, 0.3) is 0 Å². The largest absolute Gasteiger partial charge is 0.493 e. The molecule has 1 heterocycles. The number of hydrazine groups is 2. The Bertz CT molecular complexity index is 746. The predicted molar refractivity (Wildman–Crippen MR) is 112 cm³/mol. The van der Waals surface area contributed by atoms with Crippen molar-refractivity contribution in [3.8, 4) is 5.75 Å².